The Kier molecular flexibility index (Phi) is 3.82. The molecule has 1 aromatic heterocycles. The fourth-order valence-electron chi connectivity index (χ4n) is 2.10. The number of piperidine rings is 1. The summed E-state index contributed by atoms with van der Waals surface area (Å²) in [7, 11) is 0. The average molecular weight is 324 g/mol. The summed E-state index contributed by atoms with van der Waals surface area (Å²) in [5.74, 6) is -0.0270. The molecule has 0 aromatic carbocycles. The lowest BCUT2D eigenvalue weighted by atomic mass is 10.1. The van der Waals surface area contributed by atoms with Crippen molar-refractivity contribution in [3.63, 3.8) is 0 Å². The van der Waals surface area contributed by atoms with E-state index in [1.54, 1.807) is 4.90 Å². The van der Waals surface area contributed by atoms with E-state index in [4.69, 9.17) is 5.73 Å². The summed E-state index contributed by atoms with van der Waals surface area (Å²) in [6.07, 6.45) is -1.40. The smallest absolute Gasteiger partial charge is 0.355 e. The van der Waals surface area contributed by atoms with Crippen molar-refractivity contribution in [2.24, 2.45) is 5.73 Å². The number of nitrogens with two attached hydrogens (primary N) is 1. The molecule has 2 rings (SSSR count). The van der Waals surface area contributed by atoms with Gasteiger partial charge in [-0.25, -0.2) is 4.98 Å². The highest BCUT2D eigenvalue weighted by atomic mass is 79.9. The van der Waals surface area contributed by atoms with Crippen LogP contribution in [0.4, 0.5) is 19.0 Å². The second-order valence-corrected chi connectivity index (χ2v) is 5.29. The Balaban J connectivity index is 2.37. The van der Waals surface area contributed by atoms with Gasteiger partial charge in [0.15, 0.2) is 0 Å². The van der Waals surface area contributed by atoms with Gasteiger partial charge >= 0.3 is 6.18 Å². The number of pyridine rings is 1. The molecule has 0 saturated carbocycles. The molecule has 0 unspecified atom stereocenters. The second-order valence-electron chi connectivity index (χ2n) is 4.37. The number of hydrogen-bond acceptors (Lipinski definition) is 3. The minimum Gasteiger partial charge on any atom is -0.355 e. The Labute approximate surface area is 111 Å². The van der Waals surface area contributed by atoms with Gasteiger partial charge in [-0.1, -0.05) is 0 Å². The number of rotatable bonds is 1. The first-order chi connectivity index (χ1) is 8.38. The summed E-state index contributed by atoms with van der Waals surface area (Å²) >= 11 is 3.02. The third-order valence-corrected chi connectivity index (χ3v) is 3.33. The van der Waals surface area contributed by atoms with Crippen LogP contribution in [0.1, 0.15) is 18.4 Å². The zero-order valence-corrected chi connectivity index (χ0v) is 11.1. The molecule has 1 saturated heterocycles. The number of hydrogen-bond donors (Lipinski definition) is 1. The molecule has 0 radical (unpaired) electrons. The highest BCUT2D eigenvalue weighted by molar-refractivity contribution is 9.10. The van der Waals surface area contributed by atoms with E-state index in [-0.39, 0.29) is 11.9 Å². The first kappa shape index (κ1) is 13.6. The molecule has 0 amide bonds. The van der Waals surface area contributed by atoms with Crippen molar-refractivity contribution in [3.8, 4) is 0 Å². The molecule has 1 atom stereocenters. The maximum Gasteiger partial charge on any atom is 0.419 e. The van der Waals surface area contributed by atoms with Gasteiger partial charge in [0, 0.05) is 29.8 Å². The molecule has 0 bridgehead atoms. The first-order valence-electron chi connectivity index (χ1n) is 5.61. The van der Waals surface area contributed by atoms with Crippen LogP contribution in [0.25, 0.3) is 0 Å². The van der Waals surface area contributed by atoms with Crippen LogP contribution >= 0.6 is 15.9 Å². The van der Waals surface area contributed by atoms with E-state index in [2.05, 4.69) is 20.9 Å². The molecule has 3 nitrogen and oxygen atoms in total. The lowest BCUT2D eigenvalue weighted by Crippen LogP contribution is -2.43. The standard InChI is InChI=1S/C11H13BrF3N3/c12-7-4-9(11(13,14)15)10(17-5-7)18-3-1-2-8(16)6-18/h4-5,8H,1-3,6,16H2/t8-/m1/s1. The average Bonchev–Trinajstić information content (AvgIpc) is 2.27. The quantitative estimate of drug-likeness (QED) is 0.864. The topological polar surface area (TPSA) is 42.1 Å². The van der Waals surface area contributed by atoms with Crippen LogP contribution in [-0.4, -0.2) is 24.1 Å². The van der Waals surface area contributed by atoms with Crippen molar-refractivity contribution in [2.45, 2.75) is 25.1 Å². The second kappa shape index (κ2) is 5.05. The van der Waals surface area contributed by atoms with Gasteiger partial charge in [0.05, 0.1) is 5.56 Å². The Morgan fingerprint density at radius 3 is 2.78 bits per heavy atom. The lowest BCUT2D eigenvalue weighted by Gasteiger charge is -2.33. The predicted molar refractivity (Wildman–Crippen MR) is 66.4 cm³/mol. The van der Waals surface area contributed by atoms with Gasteiger partial charge in [0.2, 0.25) is 0 Å². The first-order valence-corrected chi connectivity index (χ1v) is 6.40. The number of anilines is 1. The minimum atomic E-state index is -4.41. The van der Waals surface area contributed by atoms with Crippen LogP contribution < -0.4 is 10.6 Å². The summed E-state index contributed by atoms with van der Waals surface area (Å²) in [4.78, 5) is 5.52. The van der Waals surface area contributed by atoms with Crippen molar-refractivity contribution in [1.29, 1.82) is 0 Å². The van der Waals surface area contributed by atoms with Crippen molar-refractivity contribution < 1.29 is 13.2 Å². The Hall–Kier alpha value is -0.820. The largest absolute Gasteiger partial charge is 0.419 e. The summed E-state index contributed by atoms with van der Waals surface area (Å²) in [6.45, 7) is 0.975. The summed E-state index contributed by atoms with van der Waals surface area (Å²) < 4.78 is 39.2. The zero-order chi connectivity index (χ0) is 13.3. The van der Waals surface area contributed by atoms with E-state index in [1.165, 1.54) is 6.20 Å². The Morgan fingerprint density at radius 2 is 2.17 bits per heavy atom. The molecule has 2 heterocycles. The normalized spacial score (nSPS) is 21.2. The molecule has 2 N–H and O–H groups in total. The highest BCUT2D eigenvalue weighted by Crippen LogP contribution is 2.37. The zero-order valence-electron chi connectivity index (χ0n) is 9.54. The van der Waals surface area contributed by atoms with Crippen molar-refractivity contribution in [3.05, 3.63) is 22.3 Å². The van der Waals surface area contributed by atoms with E-state index in [0.717, 1.165) is 18.9 Å². The fourth-order valence-corrected chi connectivity index (χ4v) is 2.43. The van der Waals surface area contributed by atoms with Gasteiger partial charge in [-0.05, 0) is 34.8 Å². The maximum atomic E-state index is 13.0. The van der Waals surface area contributed by atoms with Crippen LogP contribution in [0.5, 0.6) is 0 Å². The summed E-state index contributed by atoms with van der Waals surface area (Å²) in [6, 6.07) is 0.966. The molecule has 1 fully saturated rings. The molecule has 1 aromatic rings. The highest BCUT2D eigenvalue weighted by Gasteiger charge is 2.36. The maximum absolute atomic E-state index is 13.0. The van der Waals surface area contributed by atoms with Gasteiger partial charge in [-0.3, -0.25) is 0 Å². The Morgan fingerprint density at radius 1 is 1.44 bits per heavy atom. The third kappa shape index (κ3) is 2.95. The number of aromatic nitrogens is 1. The van der Waals surface area contributed by atoms with Crippen LogP contribution in [0, 0.1) is 0 Å². The van der Waals surface area contributed by atoms with Gasteiger partial charge in [0.1, 0.15) is 5.82 Å². The van der Waals surface area contributed by atoms with Crippen molar-refractivity contribution in [1.82, 2.24) is 4.98 Å². The summed E-state index contributed by atoms with van der Waals surface area (Å²) in [5, 5.41) is 0. The molecular formula is C11H13BrF3N3. The molecular weight excluding hydrogens is 311 g/mol. The minimum absolute atomic E-state index is 0.0270. The van der Waals surface area contributed by atoms with Crippen molar-refractivity contribution >= 4 is 21.7 Å². The van der Waals surface area contributed by atoms with E-state index in [1.807, 2.05) is 0 Å². The SMILES string of the molecule is N[C@@H]1CCCN(c2ncc(Br)cc2C(F)(F)F)C1. The lowest BCUT2D eigenvalue weighted by molar-refractivity contribution is -0.137. The molecule has 18 heavy (non-hydrogen) atoms. The van der Waals surface area contributed by atoms with E-state index < -0.39 is 11.7 Å². The van der Waals surface area contributed by atoms with Crippen molar-refractivity contribution in [2.75, 3.05) is 18.0 Å². The van der Waals surface area contributed by atoms with Gasteiger partial charge in [-0.2, -0.15) is 13.2 Å². The monoisotopic (exact) mass is 323 g/mol. The van der Waals surface area contributed by atoms with E-state index in [0.29, 0.717) is 17.6 Å². The van der Waals surface area contributed by atoms with E-state index in [9.17, 15) is 13.2 Å². The van der Waals surface area contributed by atoms with Gasteiger partial charge in [0.25, 0.3) is 0 Å². The van der Waals surface area contributed by atoms with Crippen LogP contribution in [0.15, 0.2) is 16.7 Å². The van der Waals surface area contributed by atoms with Crippen LogP contribution in [0.3, 0.4) is 0 Å². The van der Waals surface area contributed by atoms with Crippen LogP contribution in [-0.2, 0) is 6.18 Å². The number of halogens is 4. The molecule has 0 aliphatic carbocycles. The molecule has 7 heteroatoms. The fraction of sp³-hybridized carbons (Fsp3) is 0.545. The van der Waals surface area contributed by atoms with Gasteiger partial charge < -0.3 is 10.6 Å². The van der Waals surface area contributed by atoms with Gasteiger partial charge in [-0.15, -0.1) is 0 Å². The predicted octanol–water partition coefficient (Wildman–Crippen LogP) is 2.79. The summed E-state index contributed by atoms with van der Waals surface area (Å²) in [5.41, 5.74) is 5.07. The molecule has 1 aliphatic rings. The third-order valence-electron chi connectivity index (χ3n) is 2.90. The van der Waals surface area contributed by atoms with Crippen LogP contribution in [0.2, 0.25) is 0 Å². The van der Waals surface area contributed by atoms with E-state index >= 15 is 0 Å². The molecule has 1 aliphatic heterocycles. The number of alkyl halides is 3. The molecule has 100 valence electrons. The number of nitrogens with zero attached hydrogens (tertiary/aromatic N) is 2. The molecule has 0 spiro atoms. The Bertz CT molecular complexity index is 436.